The molecule has 0 aromatic rings. The molecule has 5 nitrogen and oxygen atoms in total. The summed E-state index contributed by atoms with van der Waals surface area (Å²) in [7, 11) is -3.16. The smallest absolute Gasteiger partial charge is 0.214 e. The minimum Gasteiger partial charge on any atom is -0.381 e. The molecule has 7 heteroatoms. The van der Waals surface area contributed by atoms with E-state index in [9.17, 15) is 8.42 Å². The highest BCUT2D eigenvalue weighted by Gasteiger charge is 2.39. The molecule has 2 fully saturated rings. The Morgan fingerprint density at radius 2 is 2.05 bits per heavy atom. The molecule has 0 spiro atoms. The summed E-state index contributed by atoms with van der Waals surface area (Å²) in [4.78, 5) is 0. The Morgan fingerprint density at radius 1 is 1.37 bits per heavy atom. The number of rotatable bonds is 3. The van der Waals surface area contributed by atoms with E-state index in [0.717, 1.165) is 12.8 Å². The molecule has 2 saturated heterocycles. The van der Waals surface area contributed by atoms with E-state index in [0.29, 0.717) is 26.3 Å². The Morgan fingerprint density at radius 3 is 2.58 bits per heavy atom. The molecule has 0 bridgehead atoms. The third-order valence-corrected chi connectivity index (χ3v) is 6.13. The maximum Gasteiger partial charge on any atom is 0.214 e. The molecule has 2 N–H and O–H groups in total. The minimum atomic E-state index is -3.16. The molecule has 114 valence electrons. The molecular formula is C12H25ClN2O3S. The molecule has 0 amide bonds. The van der Waals surface area contributed by atoms with Crippen LogP contribution in [0.1, 0.15) is 26.7 Å². The van der Waals surface area contributed by atoms with Crippen LogP contribution in [0.15, 0.2) is 0 Å². The number of hydrogen-bond donors (Lipinski definition) is 1. The van der Waals surface area contributed by atoms with Crippen molar-refractivity contribution in [3.63, 3.8) is 0 Å². The van der Waals surface area contributed by atoms with Crippen molar-refractivity contribution in [2.24, 2.45) is 17.1 Å². The van der Waals surface area contributed by atoms with E-state index in [2.05, 4.69) is 0 Å². The van der Waals surface area contributed by atoms with Gasteiger partial charge in [0.05, 0.1) is 12.4 Å². The normalized spacial score (nSPS) is 31.9. The van der Waals surface area contributed by atoms with Gasteiger partial charge in [0.2, 0.25) is 10.0 Å². The molecular weight excluding hydrogens is 288 g/mol. The van der Waals surface area contributed by atoms with Crippen molar-refractivity contribution in [2.45, 2.75) is 32.7 Å². The Hall–Kier alpha value is 0.120. The number of piperidine rings is 1. The van der Waals surface area contributed by atoms with Gasteiger partial charge in [0.1, 0.15) is 0 Å². The maximum atomic E-state index is 12.4. The lowest BCUT2D eigenvalue weighted by atomic mass is 9.81. The lowest BCUT2D eigenvalue weighted by Crippen LogP contribution is -2.54. The fourth-order valence-corrected chi connectivity index (χ4v) is 4.66. The highest BCUT2D eigenvalue weighted by Crippen LogP contribution is 2.30. The van der Waals surface area contributed by atoms with Crippen LogP contribution in [-0.4, -0.2) is 50.8 Å². The average Bonchev–Trinajstić information content (AvgIpc) is 2.73. The van der Waals surface area contributed by atoms with Crippen molar-refractivity contribution in [2.75, 3.05) is 32.1 Å². The SMILES string of the molecule is CC1(C)CN(S(=O)(=O)CC2CCOC2)CCC1N.Cl. The Labute approximate surface area is 122 Å². The van der Waals surface area contributed by atoms with Crippen LogP contribution in [0.4, 0.5) is 0 Å². The van der Waals surface area contributed by atoms with Gasteiger partial charge in [-0.3, -0.25) is 0 Å². The van der Waals surface area contributed by atoms with E-state index in [1.165, 1.54) is 0 Å². The van der Waals surface area contributed by atoms with Gasteiger partial charge in [-0.2, -0.15) is 0 Å². The molecule has 2 atom stereocenters. The van der Waals surface area contributed by atoms with Crippen molar-refractivity contribution in [1.29, 1.82) is 0 Å². The van der Waals surface area contributed by atoms with Gasteiger partial charge in [-0.15, -0.1) is 12.4 Å². The summed E-state index contributed by atoms with van der Waals surface area (Å²) in [5, 5.41) is 0. The van der Waals surface area contributed by atoms with E-state index in [-0.39, 0.29) is 35.5 Å². The molecule has 0 saturated carbocycles. The van der Waals surface area contributed by atoms with Crippen molar-refractivity contribution in [3.8, 4) is 0 Å². The maximum absolute atomic E-state index is 12.4. The summed E-state index contributed by atoms with van der Waals surface area (Å²) in [5.74, 6) is 0.381. The van der Waals surface area contributed by atoms with Crippen LogP contribution in [-0.2, 0) is 14.8 Å². The van der Waals surface area contributed by atoms with Crippen LogP contribution in [0.25, 0.3) is 0 Å². The van der Waals surface area contributed by atoms with E-state index in [1.807, 2.05) is 13.8 Å². The van der Waals surface area contributed by atoms with Crippen molar-refractivity contribution in [1.82, 2.24) is 4.31 Å². The van der Waals surface area contributed by atoms with Gasteiger partial charge in [-0.1, -0.05) is 13.8 Å². The Kier molecular flexibility index (Phi) is 5.66. The van der Waals surface area contributed by atoms with Gasteiger partial charge in [-0.05, 0) is 24.2 Å². The molecule has 0 aromatic carbocycles. The van der Waals surface area contributed by atoms with E-state index < -0.39 is 10.0 Å². The monoisotopic (exact) mass is 312 g/mol. The first-order valence-corrected chi connectivity index (χ1v) is 8.23. The highest BCUT2D eigenvalue weighted by molar-refractivity contribution is 7.89. The third-order valence-electron chi connectivity index (χ3n) is 4.14. The minimum absolute atomic E-state index is 0. The van der Waals surface area contributed by atoms with Gasteiger partial charge in [0.25, 0.3) is 0 Å². The fourth-order valence-electron chi connectivity index (χ4n) is 2.68. The molecule has 19 heavy (non-hydrogen) atoms. The van der Waals surface area contributed by atoms with E-state index >= 15 is 0 Å². The first-order chi connectivity index (χ1) is 8.31. The number of nitrogens with two attached hydrogens (primary N) is 1. The van der Waals surface area contributed by atoms with Gasteiger partial charge in [-0.25, -0.2) is 12.7 Å². The summed E-state index contributed by atoms with van der Waals surface area (Å²) in [5.41, 5.74) is 5.90. The summed E-state index contributed by atoms with van der Waals surface area (Å²) in [6.45, 7) is 6.44. The molecule has 0 aliphatic carbocycles. The van der Waals surface area contributed by atoms with E-state index in [4.69, 9.17) is 10.5 Å². The largest absolute Gasteiger partial charge is 0.381 e. The first kappa shape index (κ1) is 17.2. The molecule has 0 radical (unpaired) electrons. The summed E-state index contributed by atoms with van der Waals surface area (Å²) in [6.07, 6.45) is 1.60. The van der Waals surface area contributed by atoms with Crippen LogP contribution >= 0.6 is 12.4 Å². The van der Waals surface area contributed by atoms with Gasteiger partial charge >= 0.3 is 0 Å². The quantitative estimate of drug-likeness (QED) is 0.838. The number of ether oxygens (including phenoxy) is 1. The number of hydrogen-bond acceptors (Lipinski definition) is 4. The van der Waals surface area contributed by atoms with Crippen molar-refractivity contribution < 1.29 is 13.2 Å². The summed E-state index contributed by atoms with van der Waals surface area (Å²) in [6, 6.07) is 0.0822. The molecule has 2 aliphatic heterocycles. The highest BCUT2D eigenvalue weighted by atomic mass is 35.5. The van der Waals surface area contributed by atoms with Crippen molar-refractivity contribution >= 4 is 22.4 Å². The molecule has 2 aliphatic rings. The third kappa shape index (κ3) is 4.04. The van der Waals surface area contributed by atoms with Gasteiger partial charge < -0.3 is 10.5 Å². The second-order valence-corrected chi connectivity index (χ2v) is 8.24. The number of halogens is 1. The van der Waals surface area contributed by atoms with E-state index in [1.54, 1.807) is 4.31 Å². The molecule has 2 heterocycles. The number of sulfonamides is 1. The lowest BCUT2D eigenvalue weighted by molar-refractivity contribution is 0.154. The van der Waals surface area contributed by atoms with Gasteiger partial charge in [0, 0.05) is 25.7 Å². The summed E-state index contributed by atoms with van der Waals surface area (Å²) >= 11 is 0. The van der Waals surface area contributed by atoms with Crippen molar-refractivity contribution in [3.05, 3.63) is 0 Å². The van der Waals surface area contributed by atoms with Gasteiger partial charge in [0.15, 0.2) is 0 Å². The fraction of sp³-hybridized carbons (Fsp3) is 1.00. The summed E-state index contributed by atoms with van der Waals surface area (Å²) < 4.78 is 31.6. The predicted molar refractivity (Wildman–Crippen MR) is 77.9 cm³/mol. The first-order valence-electron chi connectivity index (χ1n) is 6.62. The molecule has 0 aromatic heterocycles. The zero-order chi connectivity index (χ0) is 13.4. The Bertz CT molecular complexity index is 394. The van der Waals surface area contributed by atoms with Crippen LogP contribution in [0.3, 0.4) is 0 Å². The average molecular weight is 313 g/mol. The standard InChI is InChI=1S/C12H24N2O3S.ClH/c1-12(2)9-14(5-3-11(12)13)18(15,16)8-10-4-6-17-7-10;/h10-11H,3-9,13H2,1-2H3;1H. The Balaban J connectivity index is 0.00000180. The van der Waals surface area contributed by atoms with Crippen LogP contribution < -0.4 is 5.73 Å². The van der Waals surface area contributed by atoms with Crippen LogP contribution in [0.2, 0.25) is 0 Å². The van der Waals surface area contributed by atoms with Crippen LogP contribution in [0, 0.1) is 11.3 Å². The second-order valence-electron chi connectivity index (χ2n) is 6.23. The predicted octanol–water partition coefficient (Wildman–Crippen LogP) is 0.834. The molecule has 2 rings (SSSR count). The lowest BCUT2D eigenvalue weighted by Gasteiger charge is -2.42. The second kappa shape index (κ2) is 6.26. The topological polar surface area (TPSA) is 72.6 Å². The number of nitrogens with zero attached hydrogens (tertiary/aromatic N) is 1. The molecule has 2 unspecified atom stereocenters. The zero-order valence-corrected chi connectivity index (χ0v) is 13.3. The zero-order valence-electron chi connectivity index (χ0n) is 11.7. The van der Waals surface area contributed by atoms with Crippen LogP contribution in [0.5, 0.6) is 0 Å².